The number of carbonyl (C=O) groups excluding carboxylic acids is 2. The van der Waals surface area contributed by atoms with Crippen molar-refractivity contribution < 1.29 is 19.1 Å². The minimum absolute atomic E-state index is 0.191. The average molecular weight is 384 g/mol. The van der Waals surface area contributed by atoms with E-state index >= 15 is 0 Å². The third-order valence-electron chi connectivity index (χ3n) is 5.31. The SMILES string of the molecule is C=CCN1C(=O)C(c2ccc(OC)c(OC)c2)=C(N2CC(C)CC(C)C2)C1=O. The van der Waals surface area contributed by atoms with E-state index in [-0.39, 0.29) is 18.4 Å². The Morgan fingerprint density at radius 1 is 1.07 bits per heavy atom. The van der Waals surface area contributed by atoms with Gasteiger partial charge in [0, 0.05) is 19.6 Å². The number of rotatable bonds is 6. The topological polar surface area (TPSA) is 59.1 Å². The Morgan fingerprint density at radius 3 is 2.29 bits per heavy atom. The van der Waals surface area contributed by atoms with E-state index < -0.39 is 0 Å². The van der Waals surface area contributed by atoms with Crippen LogP contribution < -0.4 is 9.47 Å². The van der Waals surface area contributed by atoms with Gasteiger partial charge in [0.15, 0.2) is 11.5 Å². The second-order valence-electron chi connectivity index (χ2n) is 7.65. The molecule has 0 spiro atoms. The smallest absolute Gasteiger partial charge is 0.278 e. The Hall–Kier alpha value is -2.76. The normalized spacial score (nSPS) is 22.7. The van der Waals surface area contributed by atoms with Crippen LogP contribution in [-0.2, 0) is 9.59 Å². The van der Waals surface area contributed by atoms with Crippen molar-refractivity contribution in [3.63, 3.8) is 0 Å². The van der Waals surface area contributed by atoms with Crippen molar-refractivity contribution in [1.29, 1.82) is 0 Å². The lowest BCUT2D eigenvalue weighted by Gasteiger charge is -2.37. The van der Waals surface area contributed by atoms with Crippen molar-refractivity contribution in [1.82, 2.24) is 9.80 Å². The van der Waals surface area contributed by atoms with Gasteiger partial charge in [-0.15, -0.1) is 6.58 Å². The van der Waals surface area contributed by atoms with Crippen molar-refractivity contribution in [2.75, 3.05) is 33.9 Å². The van der Waals surface area contributed by atoms with Crippen LogP contribution in [0.3, 0.4) is 0 Å². The third-order valence-corrected chi connectivity index (χ3v) is 5.31. The van der Waals surface area contributed by atoms with E-state index in [2.05, 4.69) is 25.3 Å². The molecule has 2 aliphatic rings. The van der Waals surface area contributed by atoms with Gasteiger partial charge in [-0.25, -0.2) is 0 Å². The molecule has 2 unspecified atom stereocenters. The molecule has 28 heavy (non-hydrogen) atoms. The van der Waals surface area contributed by atoms with E-state index in [1.807, 2.05) is 0 Å². The molecule has 2 amide bonds. The molecule has 0 saturated carbocycles. The number of carbonyl (C=O) groups is 2. The molecule has 2 heterocycles. The zero-order valence-electron chi connectivity index (χ0n) is 17.0. The number of likely N-dealkylation sites (tertiary alicyclic amines) is 1. The van der Waals surface area contributed by atoms with Gasteiger partial charge >= 0.3 is 0 Å². The first-order valence-electron chi connectivity index (χ1n) is 9.59. The van der Waals surface area contributed by atoms with E-state index in [1.54, 1.807) is 38.5 Å². The second kappa shape index (κ2) is 8.09. The van der Waals surface area contributed by atoms with Crippen LogP contribution in [0.15, 0.2) is 36.6 Å². The molecule has 0 aromatic heterocycles. The van der Waals surface area contributed by atoms with Gasteiger partial charge in [0.1, 0.15) is 5.70 Å². The zero-order chi connectivity index (χ0) is 20.4. The Labute approximate surface area is 166 Å². The molecule has 0 aliphatic carbocycles. The molecule has 1 fully saturated rings. The molecular formula is C22H28N2O4. The van der Waals surface area contributed by atoms with Gasteiger partial charge in [-0.1, -0.05) is 26.0 Å². The summed E-state index contributed by atoms with van der Waals surface area (Å²) in [5.74, 6) is 1.47. The summed E-state index contributed by atoms with van der Waals surface area (Å²) < 4.78 is 10.7. The summed E-state index contributed by atoms with van der Waals surface area (Å²) in [5, 5.41) is 0. The monoisotopic (exact) mass is 384 g/mol. The van der Waals surface area contributed by atoms with Gasteiger partial charge < -0.3 is 14.4 Å². The van der Waals surface area contributed by atoms with E-state index in [4.69, 9.17) is 9.47 Å². The van der Waals surface area contributed by atoms with Gasteiger partial charge in [0.2, 0.25) is 0 Å². The largest absolute Gasteiger partial charge is 0.493 e. The van der Waals surface area contributed by atoms with Gasteiger partial charge in [-0.3, -0.25) is 14.5 Å². The number of nitrogens with zero attached hydrogens (tertiary/aromatic N) is 2. The summed E-state index contributed by atoms with van der Waals surface area (Å²) in [6, 6.07) is 5.32. The van der Waals surface area contributed by atoms with Crippen LogP contribution in [0.1, 0.15) is 25.8 Å². The van der Waals surface area contributed by atoms with E-state index in [9.17, 15) is 9.59 Å². The minimum atomic E-state index is -0.294. The summed E-state index contributed by atoms with van der Waals surface area (Å²) in [4.78, 5) is 29.7. The standard InChI is InChI=1S/C22H28N2O4/c1-6-9-24-21(25)19(16-7-8-17(27-4)18(11-16)28-5)20(22(24)26)23-12-14(2)10-15(3)13-23/h6-8,11,14-15H,1,9-10,12-13H2,2-5H3. The molecule has 3 rings (SSSR count). The fourth-order valence-electron chi connectivity index (χ4n) is 4.25. The van der Waals surface area contributed by atoms with Gasteiger partial charge in [0.05, 0.1) is 19.8 Å². The molecule has 0 bridgehead atoms. The highest BCUT2D eigenvalue weighted by Crippen LogP contribution is 2.38. The summed E-state index contributed by atoms with van der Waals surface area (Å²) in [5.41, 5.74) is 1.56. The van der Waals surface area contributed by atoms with Crippen LogP contribution in [0, 0.1) is 11.8 Å². The first kappa shape index (κ1) is 20.0. The Bertz CT molecular complexity index is 820. The van der Waals surface area contributed by atoms with Crippen LogP contribution in [0.25, 0.3) is 5.57 Å². The van der Waals surface area contributed by atoms with E-state index in [1.165, 1.54) is 4.90 Å². The number of piperidine rings is 1. The van der Waals surface area contributed by atoms with Crippen molar-refractivity contribution in [3.8, 4) is 11.5 Å². The predicted octanol–water partition coefficient (Wildman–Crippen LogP) is 2.95. The molecule has 150 valence electrons. The van der Waals surface area contributed by atoms with Crippen molar-refractivity contribution in [3.05, 3.63) is 42.1 Å². The molecule has 6 heteroatoms. The molecule has 1 saturated heterocycles. The number of ether oxygens (including phenoxy) is 2. The van der Waals surface area contributed by atoms with Crippen molar-refractivity contribution in [2.45, 2.75) is 20.3 Å². The van der Waals surface area contributed by atoms with Gasteiger partial charge in [-0.05, 0) is 36.0 Å². The molecule has 6 nitrogen and oxygen atoms in total. The minimum Gasteiger partial charge on any atom is -0.493 e. The number of imide groups is 1. The highest BCUT2D eigenvalue weighted by atomic mass is 16.5. The highest BCUT2D eigenvalue weighted by molar-refractivity contribution is 6.35. The van der Waals surface area contributed by atoms with E-state index in [0.29, 0.717) is 40.2 Å². The molecule has 1 aromatic carbocycles. The first-order valence-corrected chi connectivity index (χ1v) is 9.59. The van der Waals surface area contributed by atoms with Crippen LogP contribution in [-0.4, -0.2) is 55.5 Å². The van der Waals surface area contributed by atoms with Crippen molar-refractivity contribution >= 4 is 17.4 Å². The van der Waals surface area contributed by atoms with Crippen LogP contribution >= 0.6 is 0 Å². The summed E-state index contributed by atoms with van der Waals surface area (Å²) >= 11 is 0. The highest BCUT2D eigenvalue weighted by Gasteiger charge is 2.42. The first-order chi connectivity index (χ1) is 13.4. The number of hydrogen-bond donors (Lipinski definition) is 0. The summed E-state index contributed by atoms with van der Waals surface area (Å²) in [6.07, 6.45) is 2.69. The maximum Gasteiger partial charge on any atom is 0.278 e. The Kier molecular flexibility index (Phi) is 5.77. The second-order valence-corrected chi connectivity index (χ2v) is 7.65. The molecule has 2 atom stereocenters. The fraction of sp³-hybridized carbons (Fsp3) is 0.455. The van der Waals surface area contributed by atoms with Gasteiger partial charge in [0.25, 0.3) is 11.8 Å². The zero-order valence-corrected chi connectivity index (χ0v) is 17.0. The number of amides is 2. The predicted molar refractivity (Wildman–Crippen MR) is 108 cm³/mol. The lowest BCUT2D eigenvalue weighted by molar-refractivity contribution is -0.137. The fourth-order valence-corrected chi connectivity index (χ4v) is 4.25. The number of hydrogen-bond acceptors (Lipinski definition) is 5. The van der Waals surface area contributed by atoms with Crippen LogP contribution in [0.5, 0.6) is 11.5 Å². The third kappa shape index (κ3) is 3.51. The maximum absolute atomic E-state index is 13.2. The number of benzene rings is 1. The van der Waals surface area contributed by atoms with E-state index in [0.717, 1.165) is 19.5 Å². The molecule has 1 aromatic rings. The lowest BCUT2D eigenvalue weighted by atomic mass is 9.91. The molecule has 0 radical (unpaired) electrons. The molecular weight excluding hydrogens is 356 g/mol. The van der Waals surface area contributed by atoms with Crippen LogP contribution in [0.4, 0.5) is 0 Å². The molecule has 2 aliphatic heterocycles. The summed E-state index contributed by atoms with van der Waals surface area (Å²) in [6.45, 7) is 9.77. The lowest BCUT2D eigenvalue weighted by Crippen LogP contribution is -2.41. The summed E-state index contributed by atoms with van der Waals surface area (Å²) in [7, 11) is 3.12. The Balaban J connectivity index is 2.13. The van der Waals surface area contributed by atoms with Crippen molar-refractivity contribution in [2.24, 2.45) is 11.8 Å². The Morgan fingerprint density at radius 2 is 1.71 bits per heavy atom. The molecule has 0 N–H and O–H groups in total. The average Bonchev–Trinajstić information content (AvgIpc) is 2.91. The number of methoxy groups -OCH3 is 2. The van der Waals surface area contributed by atoms with Gasteiger partial charge in [-0.2, -0.15) is 0 Å². The quantitative estimate of drug-likeness (QED) is 0.558. The maximum atomic E-state index is 13.2. The van der Waals surface area contributed by atoms with Crippen LogP contribution in [0.2, 0.25) is 0 Å².